The second-order valence-corrected chi connectivity index (χ2v) is 8.07. The van der Waals surface area contributed by atoms with E-state index in [0.29, 0.717) is 5.75 Å². The fourth-order valence-electron chi connectivity index (χ4n) is 2.10. The Labute approximate surface area is 161 Å². The van der Waals surface area contributed by atoms with Crippen molar-refractivity contribution in [2.45, 2.75) is 65.2 Å². The molecule has 0 aromatic heterocycles. The highest BCUT2D eigenvalue weighted by molar-refractivity contribution is 5.82. The smallest absolute Gasteiger partial charge is 0.408 e. The van der Waals surface area contributed by atoms with Gasteiger partial charge in [-0.25, -0.2) is 9.59 Å². The second kappa shape index (κ2) is 9.31. The standard InChI is InChI=1S/C21H29NO5/c1-8-13-25-16-11-9-15(10-12-16)14-17(18(23)26-20(2,3)4)22-19(24)27-21(5,6)7/h1,9-12,17H,13-14H2,2-7H3,(H,22,24). The molecule has 1 aromatic carbocycles. The predicted octanol–water partition coefficient (Wildman–Crippen LogP) is 3.48. The van der Waals surface area contributed by atoms with E-state index in [4.69, 9.17) is 20.6 Å². The maximum Gasteiger partial charge on any atom is 0.408 e. The van der Waals surface area contributed by atoms with Crippen LogP contribution in [0.4, 0.5) is 4.79 Å². The third-order valence-electron chi connectivity index (χ3n) is 3.07. The Morgan fingerprint density at radius 2 is 1.59 bits per heavy atom. The van der Waals surface area contributed by atoms with Gasteiger partial charge in [0.2, 0.25) is 0 Å². The molecule has 0 radical (unpaired) electrons. The Bertz CT molecular complexity index is 674. The minimum absolute atomic E-state index is 0.181. The summed E-state index contributed by atoms with van der Waals surface area (Å²) in [6, 6.07) is 6.25. The lowest BCUT2D eigenvalue weighted by molar-refractivity contribution is -0.157. The summed E-state index contributed by atoms with van der Waals surface area (Å²) in [5.41, 5.74) is -0.508. The van der Waals surface area contributed by atoms with Crippen LogP contribution in [-0.4, -0.2) is 35.9 Å². The minimum atomic E-state index is -0.878. The molecule has 27 heavy (non-hydrogen) atoms. The molecule has 6 nitrogen and oxygen atoms in total. The first-order valence-corrected chi connectivity index (χ1v) is 8.77. The lowest BCUT2D eigenvalue weighted by atomic mass is 10.1. The van der Waals surface area contributed by atoms with Gasteiger partial charge in [-0.1, -0.05) is 18.1 Å². The van der Waals surface area contributed by atoms with Crippen molar-refractivity contribution in [3.63, 3.8) is 0 Å². The molecule has 0 fully saturated rings. The number of carbonyl (C=O) groups excluding carboxylic acids is 2. The Balaban J connectivity index is 2.88. The highest BCUT2D eigenvalue weighted by atomic mass is 16.6. The highest BCUT2D eigenvalue weighted by Crippen LogP contribution is 2.16. The molecule has 1 atom stereocenters. The lowest BCUT2D eigenvalue weighted by Crippen LogP contribution is -2.47. The van der Waals surface area contributed by atoms with Crippen molar-refractivity contribution in [2.75, 3.05) is 6.61 Å². The Morgan fingerprint density at radius 1 is 1.04 bits per heavy atom. The first-order chi connectivity index (χ1) is 12.4. The zero-order valence-electron chi connectivity index (χ0n) is 16.9. The molecule has 1 amide bonds. The third-order valence-corrected chi connectivity index (χ3v) is 3.07. The van der Waals surface area contributed by atoms with Crippen molar-refractivity contribution in [2.24, 2.45) is 0 Å². The maximum atomic E-state index is 12.5. The number of benzene rings is 1. The van der Waals surface area contributed by atoms with Gasteiger partial charge >= 0.3 is 12.1 Å². The van der Waals surface area contributed by atoms with Crippen LogP contribution in [0.15, 0.2) is 24.3 Å². The number of amides is 1. The molecule has 6 heteroatoms. The topological polar surface area (TPSA) is 73.9 Å². The molecule has 0 bridgehead atoms. The van der Waals surface area contributed by atoms with Crippen molar-refractivity contribution in [3.05, 3.63) is 29.8 Å². The summed E-state index contributed by atoms with van der Waals surface area (Å²) in [7, 11) is 0. The number of ether oxygens (including phenoxy) is 3. The largest absolute Gasteiger partial charge is 0.481 e. The quantitative estimate of drug-likeness (QED) is 0.609. The molecule has 1 unspecified atom stereocenters. The molecule has 1 rings (SSSR count). The van der Waals surface area contributed by atoms with Crippen LogP contribution in [0.2, 0.25) is 0 Å². The number of rotatable bonds is 6. The number of esters is 1. The van der Waals surface area contributed by atoms with E-state index in [-0.39, 0.29) is 13.0 Å². The van der Waals surface area contributed by atoms with Gasteiger partial charge < -0.3 is 19.5 Å². The van der Waals surface area contributed by atoms with E-state index in [1.165, 1.54) is 0 Å². The van der Waals surface area contributed by atoms with E-state index in [0.717, 1.165) is 5.56 Å². The monoisotopic (exact) mass is 375 g/mol. The molecule has 0 saturated carbocycles. The molecule has 0 saturated heterocycles. The maximum absolute atomic E-state index is 12.5. The lowest BCUT2D eigenvalue weighted by Gasteiger charge is -2.26. The number of carbonyl (C=O) groups is 2. The summed E-state index contributed by atoms with van der Waals surface area (Å²) in [5, 5.41) is 2.60. The Kier molecular flexibility index (Phi) is 7.71. The average molecular weight is 375 g/mol. The molecular weight excluding hydrogens is 346 g/mol. The van der Waals surface area contributed by atoms with E-state index in [1.54, 1.807) is 65.8 Å². The van der Waals surface area contributed by atoms with Gasteiger partial charge in [-0.2, -0.15) is 0 Å². The fourth-order valence-corrected chi connectivity index (χ4v) is 2.10. The zero-order valence-corrected chi connectivity index (χ0v) is 16.9. The van der Waals surface area contributed by atoms with Gasteiger partial charge in [-0.3, -0.25) is 0 Å². The van der Waals surface area contributed by atoms with Crippen LogP contribution in [0.1, 0.15) is 47.1 Å². The van der Waals surface area contributed by atoms with E-state index >= 15 is 0 Å². The molecule has 1 aromatic rings. The van der Waals surface area contributed by atoms with Crippen LogP contribution < -0.4 is 10.1 Å². The van der Waals surface area contributed by atoms with Crippen molar-refractivity contribution in [3.8, 4) is 18.1 Å². The molecular formula is C21H29NO5. The molecule has 0 aliphatic carbocycles. The number of terminal acetylenes is 1. The van der Waals surface area contributed by atoms with Crippen LogP contribution >= 0.6 is 0 Å². The van der Waals surface area contributed by atoms with Crippen molar-refractivity contribution < 1.29 is 23.8 Å². The fraction of sp³-hybridized carbons (Fsp3) is 0.524. The summed E-state index contributed by atoms with van der Waals surface area (Å²) in [6.45, 7) is 10.8. The van der Waals surface area contributed by atoms with Crippen LogP contribution in [0.5, 0.6) is 5.75 Å². The van der Waals surface area contributed by atoms with E-state index in [1.807, 2.05) is 0 Å². The van der Waals surface area contributed by atoms with Gasteiger partial charge in [0, 0.05) is 6.42 Å². The van der Waals surface area contributed by atoms with Crippen LogP contribution in [0.3, 0.4) is 0 Å². The van der Waals surface area contributed by atoms with E-state index in [9.17, 15) is 9.59 Å². The molecule has 1 N–H and O–H groups in total. The van der Waals surface area contributed by atoms with Crippen LogP contribution in [0, 0.1) is 12.3 Å². The van der Waals surface area contributed by atoms with Gasteiger partial charge in [-0.05, 0) is 59.2 Å². The second-order valence-electron chi connectivity index (χ2n) is 8.07. The Hall–Kier alpha value is -2.68. The molecule has 0 aliphatic heterocycles. The van der Waals surface area contributed by atoms with Crippen molar-refractivity contribution in [1.82, 2.24) is 5.32 Å². The van der Waals surface area contributed by atoms with E-state index in [2.05, 4.69) is 11.2 Å². The van der Waals surface area contributed by atoms with Gasteiger partial charge in [0.05, 0.1) is 0 Å². The summed E-state index contributed by atoms with van der Waals surface area (Å²) in [6.07, 6.45) is 4.75. The molecule has 0 aliphatic rings. The van der Waals surface area contributed by atoms with Gasteiger partial charge in [0.25, 0.3) is 0 Å². The molecule has 0 heterocycles. The average Bonchev–Trinajstić information content (AvgIpc) is 2.50. The third kappa shape index (κ3) is 9.55. The van der Waals surface area contributed by atoms with Gasteiger partial charge in [0.15, 0.2) is 0 Å². The van der Waals surface area contributed by atoms with Crippen molar-refractivity contribution >= 4 is 12.1 Å². The summed E-state index contributed by atoms with van der Waals surface area (Å²) >= 11 is 0. The number of hydrogen-bond acceptors (Lipinski definition) is 5. The number of nitrogens with one attached hydrogen (secondary N) is 1. The number of hydrogen-bond donors (Lipinski definition) is 1. The number of alkyl carbamates (subject to hydrolysis) is 1. The molecule has 0 spiro atoms. The normalized spacial score (nSPS) is 12.5. The summed E-state index contributed by atoms with van der Waals surface area (Å²) in [5.74, 6) is 2.50. The first kappa shape index (κ1) is 22.4. The molecule has 148 valence electrons. The minimum Gasteiger partial charge on any atom is -0.481 e. The predicted molar refractivity (Wildman–Crippen MR) is 103 cm³/mol. The summed E-state index contributed by atoms with van der Waals surface area (Å²) in [4.78, 5) is 24.7. The summed E-state index contributed by atoms with van der Waals surface area (Å²) < 4.78 is 16.0. The van der Waals surface area contributed by atoms with Crippen LogP contribution in [0.25, 0.3) is 0 Å². The SMILES string of the molecule is C#CCOc1ccc(CC(NC(=O)OC(C)(C)C)C(=O)OC(C)(C)C)cc1. The van der Waals surface area contributed by atoms with Crippen LogP contribution in [-0.2, 0) is 20.7 Å². The van der Waals surface area contributed by atoms with Gasteiger partial charge in [0.1, 0.15) is 29.6 Å². The van der Waals surface area contributed by atoms with Gasteiger partial charge in [-0.15, -0.1) is 6.42 Å². The highest BCUT2D eigenvalue weighted by Gasteiger charge is 2.28. The van der Waals surface area contributed by atoms with Crippen molar-refractivity contribution in [1.29, 1.82) is 0 Å². The Morgan fingerprint density at radius 3 is 2.07 bits per heavy atom. The zero-order chi connectivity index (χ0) is 20.7. The van der Waals surface area contributed by atoms with E-state index < -0.39 is 29.3 Å². The first-order valence-electron chi connectivity index (χ1n) is 8.77.